The van der Waals surface area contributed by atoms with Gasteiger partial charge < -0.3 is 31.1 Å². The molecule has 1 atom stereocenters. The molecule has 1 fully saturated rings. The third kappa shape index (κ3) is 8.61. The van der Waals surface area contributed by atoms with Gasteiger partial charge in [-0.3, -0.25) is 34.9 Å². The Bertz CT molecular complexity index is 1750. The third-order valence-corrected chi connectivity index (χ3v) is 6.77. The number of hydrazine groups is 2. The number of nitrogens with two attached hydrogens (primary N) is 1. The highest BCUT2D eigenvalue weighted by molar-refractivity contribution is 7.88. The van der Waals surface area contributed by atoms with Gasteiger partial charge in [-0.05, 0) is 13.8 Å². The maximum Gasteiger partial charge on any atom is 0.350 e. The molecule has 0 aromatic carbocycles. The highest BCUT2D eigenvalue weighted by Crippen LogP contribution is 2.16. The number of imide groups is 1. The summed E-state index contributed by atoms with van der Waals surface area (Å²) in [4.78, 5) is 96.8. The number of oxime groups is 1. The Hall–Kier alpha value is -5.82. The second-order valence-electron chi connectivity index (χ2n) is 9.03. The number of aliphatic carboxylic acids is 1. The molecule has 3 rings (SSSR count). The van der Waals surface area contributed by atoms with Crippen LogP contribution in [-0.4, -0.2) is 93.2 Å². The zero-order valence-electron chi connectivity index (χ0n) is 22.7. The Kier molecular flexibility index (Phi) is 9.90. The number of H-pyrrole nitrogens is 1. The summed E-state index contributed by atoms with van der Waals surface area (Å²) in [6.07, 6.45) is 0.818. The topological polar surface area (TPSA) is 346 Å². The van der Waals surface area contributed by atoms with Crippen molar-refractivity contribution in [3.63, 3.8) is 0 Å². The number of hydrogen-bond donors (Lipinski definition) is 10. The lowest BCUT2D eigenvalue weighted by Crippen LogP contribution is -2.68. The Balaban J connectivity index is 1.51. The summed E-state index contributed by atoms with van der Waals surface area (Å²) in [7, 11) is -4.83. The number of rotatable bonds is 10. The summed E-state index contributed by atoms with van der Waals surface area (Å²) in [6.45, 7) is 1.79. The Labute approximate surface area is 254 Å². The van der Waals surface area contributed by atoms with Crippen molar-refractivity contribution in [2.24, 2.45) is 5.16 Å². The van der Waals surface area contributed by atoms with Crippen molar-refractivity contribution in [1.29, 1.82) is 0 Å². The summed E-state index contributed by atoms with van der Waals surface area (Å²) in [5.41, 5.74) is 6.90. The van der Waals surface area contributed by atoms with Crippen molar-refractivity contribution in [1.82, 2.24) is 46.0 Å². The number of nitrogens with one attached hydrogen (secondary N) is 7. The maximum atomic E-state index is 12.8. The quantitative estimate of drug-likeness (QED) is 0.0655. The van der Waals surface area contributed by atoms with Crippen LogP contribution in [-0.2, 0) is 29.4 Å². The maximum absolute atomic E-state index is 12.8. The standard InChI is InChI=1S/C20H23N11O12S2/c1-20(2,16(37)38)43-28-12(9-6-44-17(21)24-9)14(35)23-8-5-31(15(8)36)19(40)29-45(41,42)30-27-18(39)26-25-13(34)7-3-10(32)11(33)4-22-7/h3-4,6,8,30,33H,5H2,1-2H3,(H2,21,24)(H,22,32)(H,23,35)(H,25,34)(H,29,40)(H,37,38)(H2,26,27,39)/t8-/m0/s1. The van der Waals surface area contributed by atoms with Gasteiger partial charge in [0.2, 0.25) is 11.0 Å². The summed E-state index contributed by atoms with van der Waals surface area (Å²) in [5.74, 6) is -5.24. The van der Waals surface area contributed by atoms with Crippen LogP contribution in [0.25, 0.3) is 0 Å². The molecule has 2 aromatic heterocycles. The molecule has 3 heterocycles. The second-order valence-corrected chi connectivity index (χ2v) is 11.3. The van der Waals surface area contributed by atoms with Gasteiger partial charge in [0.05, 0.1) is 6.54 Å². The number of β-lactam (4-membered cyclic amide) rings is 1. The molecule has 45 heavy (non-hydrogen) atoms. The van der Waals surface area contributed by atoms with Crippen LogP contribution in [0.2, 0.25) is 0 Å². The first-order chi connectivity index (χ1) is 20.9. The van der Waals surface area contributed by atoms with E-state index in [1.54, 1.807) is 10.9 Å². The van der Waals surface area contributed by atoms with E-state index in [9.17, 15) is 47.1 Å². The SMILES string of the molecule is CC(C)(ON=C(C(=O)N[C@H]1CN(C(=O)NS(=O)(=O)NNC(=O)NNC(=O)c2cc(=O)c(O)c[nH]2)C1=O)c1csc(N)n1)C(=O)O. The van der Waals surface area contributed by atoms with E-state index in [1.165, 1.54) is 14.9 Å². The highest BCUT2D eigenvalue weighted by Gasteiger charge is 2.43. The largest absolute Gasteiger partial charge is 0.503 e. The van der Waals surface area contributed by atoms with Crippen LogP contribution >= 0.6 is 11.3 Å². The molecule has 25 heteroatoms. The van der Waals surface area contributed by atoms with Crippen LogP contribution in [0.4, 0.5) is 14.7 Å². The molecule has 0 bridgehead atoms. The minimum absolute atomic E-state index is 0.0312. The molecule has 2 aromatic rings. The normalized spacial score (nSPS) is 14.9. The number of aromatic amines is 1. The molecule has 1 aliphatic rings. The molecule has 0 unspecified atom stereocenters. The first-order valence-electron chi connectivity index (χ1n) is 11.8. The fraction of sp³-hybridized carbons (Fsp3) is 0.250. The van der Waals surface area contributed by atoms with Crippen molar-refractivity contribution >= 4 is 68.1 Å². The van der Waals surface area contributed by atoms with E-state index in [0.717, 1.165) is 37.4 Å². The second kappa shape index (κ2) is 13.2. The smallest absolute Gasteiger partial charge is 0.350 e. The first-order valence-corrected chi connectivity index (χ1v) is 14.2. The number of aromatic nitrogens is 2. The minimum atomic E-state index is -4.83. The highest BCUT2D eigenvalue weighted by atomic mass is 32.2. The van der Waals surface area contributed by atoms with E-state index in [0.29, 0.717) is 4.90 Å². The Morgan fingerprint density at radius 3 is 2.47 bits per heavy atom. The van der Waals surface area contributed by atoms with E-state index in [1.807, 2.05) is 5.43 Å². The van der Waals surface area contributed by atoms with E-state index in [-0.39, 0.29) is 16.5 Å². The van der Waals surface area contributed by atoms with Gasteiger partial charge in [0.1, 0.15) is 17.4 Å². The van der Waals surface area contributed by atoms with Gasteiger partial charge in [0.15, 0.2) is 16.6 Å². The first kappa shape index (κ1) is 33.7. The van der Waals surface area contributed by atoms with Crippen molar-refractivity contribution in [2.75, 3.05) is 12.3 Å². The molecule has 1 saturated heterocycles. The van der Waals surface area contributed by atoms with Crippen LogP contribution in [0, 0.1) is 0 Å². The summed E-state index contributed by atoms with van der Waals surface area (Å²) in [5, 5.41) is 25.5. The van der Waals surface area contributed by atoms with Crippen molar-refractivity contribution in [3.8, 4) is 5.75 Å². The number of pyridine rings is 1. The summed E-state index contributed by atoms with van der Waals surface area (Å²) >= 11 is 0.923. The fourth-order valence-corrected chi connectivity index (χ4v) is 4.03. The van der Waals surface area contributed by atoms with Gasteiger partial charge in [0.25, 0.3) is 17.7 Å². The number of thiazole rings is 1. The molecular weight excluding hydrogens is 650 g/mol. The third-order valence-electron chi connectivity index (χ3n) is 5.29. The average Bonchev–Trinajstić information content (AvgIpc) is 3.38. The number of carboxylic acid groups (broad SMARTS) is 1. The van der Waals surface area contributed by atoms with Crippen LogP contribution < -0.4 is 42.3 Å². The molecule has 0 spiro atoms. The fourth-order valence-electron chi connectivity index (χ4n) is 2.86. The number of carbonyl (C=O) groups excluding carboxylic acids is 5. The van der Waals surface area contributed by atoms with Crippen molar-refractivity contribution < 1.29 is 52.2 Å². The van der Waals surface area contributed by atoms with E-state index >= 15 is 0 Å². The van der Waals surface area contributed by atoms with Crippen LogP contribution in [0.5, 0.6) is 5.75 Å². The lowest BCUT2D eigenvalue weighted by atomic mass is 10.1. The van der Waals surface area contributed by atoms with E-state index < -0.39 is 81.0 Å². The zero-order chi connectivity index (χ0) is 33.7. The van der Waals surface area contributed by atoms with Gasteiger partial charge in [-0.1, -0.05) is 5.16 Å². The van der Waals surface area contributed by atoms with Gasteiger partial charge in [-0.2, -0.15) is 8.42 Å². The number of carboxylic acids is 1. The molecule has 0 saturated carbocycles. The monoisotopic (exact) mass is 673 g/mol. The van der Waals surface area contributed by atoms with Crippen LogP contribution in [0.15, 0.2) is 27.6 Å². The number of nitrogen functional groups attached to an aromatic ring is 1. The lowest BCUT2D eigenvalue weighted by molar-refractivity contribution is -0.161. The number of urea groups is 2. The molecule has 0 radical (unpaired) electrons. The molecule has 23 nitrogen and oxygen atoms in total. The molecule has 0 aliphatic carbocycles. The predicted octanol–water partition coefficient (Wildman–Crippen LogP) is -3.87. The number of anilines is 1. The number of aromatic hydroxyl groups is 1. The van der Waals surface area contributed by atoms with Crippen molar-refractivity contribution in [2.45, 2.75) is 25.5 Å². The molecule has 1 aliphatic heterocycles. The van der Waals surface area contributed by atoms with Gasteiger partial charge in [-0.15, -0.1) is 16.2 Å². The number of hydrogen-bond acceptors (Lipinski definition) is 15. The molecule has 11 N–H and O–H groups in total. The minimum Gasteiger partial charge on any atom is -0.503 e. The number of nitrogens with zero attached hydrogens (tertiary/aromatic N) is 3. The number of amides is 7. The Morgan fingerprint density at radius 2 is 1.89 bits per heavy atom. The number of likely N-dealkylation sites (tertiary alicyclic amines) is 1. The molecular formula is C20H23N11O12S2. The van der Waals surface area contributed by atoms with Gasteiger partial charge in [-0.25, -0.2) is 29.5 Å². The molecule has 242 valence electrons. The van der Waals surface area contributed by atoms with Crippen LogP contribution in [0.3, 0.4) is 0 Å². The van der Waals surface area contributed by atoms with Crippen LogP contribution in [0.1, 0.15) is 30.0 Å². The predicted molar refractivity (Wildman–Crippen MR) is 148 cm³/mol. The average molecular weight is 674 g/mol. The number of carbonyl (C=O) groups is 6. The zero-order valence-corrected chi connectivity index (χ0v) is 24.4. The Morgan fingerprint density at radius 1 is 1.20 bits per heavy atom. The lowest BCUT2D eigenvalue weighted by Gasteiger charge is -2.36. The van der Waals surface area contributed by atoms with Gasteiger partial charge >= 0.3 is 28.2 Å². The summed E-state index contributed by atoms with van der Waals surface area (Å²) in [6, 6.07) is -3.46. The van der Waals surface area contributed by atoms with Gasteiger partial charge in [0, 0.05) is 17.6 Å². The van der Waals surface area contributed by atoms with E-state index in [4.69, 9.17) is 15.7 Å². The molecule has 7 amide bonds. The van der Waals surface area contributed by atoms with E-state index in [2.05, 4.69) is 20.4 Å². The van der Waals surface area contributed by atoms with Crippen molar-refractivity contribution in [3.05, 3.63) is 39.3 Å². The summed E-state index contributed by atoms with van der Waals surface area (Å²) < 4.78 is 25.6.